The summed E-state index contributed by atoms with van der Waals surface area (Å²) in [6.07, 6.45) is 0.546. The van der Waals surface area contributed by atoms with Crippen LogP contribution in [-0.2, 0) is 16.4 Å². The van der Waals surface area contributed by atoms with E-state index < -0.39 is 10.0 Å². The quantitative estimate of drug-likeness (QED) is 0.605. The zero-order valence-electron chi connectivity index (χ0n) is 13.9. The van der Waals surface area contributed by atoms with Crippen LogP contribution in [0.4, 0.5) is 5.69 Å². The Kier molecular flexibility index (Phi) is 5.76. The molecule has 0 aliphatic carbocycles. The van der Waals surface area contributed by atoms with Gasteiger partial charge in [-0.2, -0.15) is 0 Å². The third-order valence-corrected chi connectivity index (χ3v) is 5.87. The van der Waals surface area contributed by atoms with E-state index in [0.717, 1.165) is 21.2 Å². The molecule has 26 heavy (non-hydrogen) atoms. The van der Waals surface area contributed by atoms with Gasteiger partial charge in [0.1, 0.15) is 0 Å². The maximum absolute atomic E-state index is 12.5. The van der Waals surface area contributed by atoms with Crippen LogP contribution in [0.25, 0.3) is 11.1 Å². The van der Waals surface area contributed by atoms with Crippen molar-refractivity contribution in [2.45, 2.75) is 11.3 Å². The Morgan fingerprint density at radius 2 is 1.35 bits per heavy atom. The normalized spacial score (nSPS) is 11.3. The van der Waals surface area contributed by atoms with Gasteiger partial charge < -0.3 is 5.11 Å². The minimum atomic E-state index is -3.65. The van der Waals surface area contributed by atoms with Crippen LogP contribution in [-0.4, -0.2) is 20.1 Å². The summed E-state index contributed by atoms with van der Waals surface area (Å²) in [4.78, 5) is 0.206. The molecular weight excluding hydrogens is 414 g/mol. The molecular formula is C20H18BrNO3S. The van der Waals surface area contributed by atoms with Gasteiger partial charge in [-0.15, -0.1) is 0 Å². The zero-order chi connectivity index (χ0) is 18.6. The molecule has 0 heterocycles. The van der Waals surface area contributed by atoms with Crippen LogP contribution >= 0.6 is 15.9 Å². The fourth-order valence-electron chi connectivity index (χ4n) is 2.55. The fraction of sp³-hybridized carbons (Fsp3) is 0.100. The molecule has 4 nitrogen and oxygen atoms in total. The summed E-state index contributed by atoms with van der Waals surface area (Å²) in [5.74, 6) is 0. The third kappa shape index (κ3) is 4.52. The second kappa shape index (κ2) is 8.03. The monoisotopic (exact) mass is 431 g/mol. The van der Waals surface area contributed by atoms with Crippen molar-refractivity contribution in [2.75, 3.05) is 11.3 Å². The molecule has 0 saturated carbocycles. The van der Waals surface area contributed by atoms with Crippen LogP contribution in [0.15, 0.2) is 82.2 Å². The first-order valence-electron chi connectivity index (χ1n) is 8.06. The van der Waals surface area contributed by atoms with Gasteiger partial charge in [-0.1, -0.05) is 52.3 Å². The fourth-order valence-corrected chi connectivity index (χ4v) is 3.87. The molecule has 0 aliphatic rings. The topological polar surface area (TPSA) is 66.4 Å². The lowest BCUT2D eigenvalue weighted by atomic mass is 10.1. The summed E-state index contributed by atoms with van der Waals surface area (Å²) >= 11 is 3.40. The van der Waals surface area contributed by atoms with Gasteiger partial charge >= 0.3 is 0 Å². The Morgan fingerprint density at radius 1 is 0.808 bits per heavy atom. The van der Waals surface area contributed by atoms with Crippen molar-refractivity contribution in [1.82, 2.24) is 0 Å². The summed E-state index contributed by atoms with van der Waals surface area (Å²) < 4.78 is 28.7. The lowest BCUT2D eigenvalue weighted by Gasteiger charge is -2.10. The molecule has 0 saturated heterocycles. The average Bonchev–Trinajstić information content (AvgIpc) is 2.64. The van der Waals surface area contributed by atoms with Crippen LogP contribution in [0, 0.1) is 0 Å². The Balaban J connectivity index is 1.77. The van der Waals surface area contributed by atoms with E-state index in [4.69, 9.17) is 5.11 Å². The highest BCUT2D eigenvalue weighted by Gasteiger charge is 2.14. The van der Waals surface area contributed by atoms with E-state index >= 15 is 0 Å². The smallest absolute Gasteiger partial charge is 0.261 e. The molecule has 3 rings (SSSR count). The van der Waals surface area contributed by atoms with Crippen molar-refractivity contribution >= 4 is 31.6 Å². The second-order valence-corrected chi connectivity index (χ2v) is 8.41. The van der Waals surface area contributed by atoms with Gasteiger partial charge in [-0.25, -0.2) is 8.42 Å². The minimum absolute atomic E-state index is 0.0653. The molecule has 0 fully saturated rings. The lowest BCUT2D eigenvalue weighted by Crippen LogP contribution is -2.12. The molecule has 0 radical (unpaired) electrons. The molecule has 3 aromatic carbocycles. The molecule has 134 valence electrons. The zero-order valence-corrected chi connectivity index (χ0v) is 16.3. The summed E-state index contributed by atoms with van der Waals surface area (Å²) in [6, 6.07) is 21.6. The van der Waals surface area contributed by atoms with Crippen molar-refractivity contribution in [3.8, 4) is 11.1 Å². The first-order chi connectivity index (χ1) is 12.5. The number of sulfonamides is 1. The van der Waals surface area contributed by atoms with Gasteiger partial charge in [0.25, 0.3) is 10.0 Å². The standard InChI is InChI=1S/C20H18BrNO3S/c21-18-7-3-16(4-8-18)17-5-11-20(12-6-17)26(24,25)22-19-9-1-15(2-10-19)13-14-23/h1-12,22-23H,13-14H2. The van der Waals surface area contributed by atoms with Crippen molar-refractivity contribution in [3.63, 3.8) is 0 Å². The number of aliphatic hydroxyl groups excluding tert-OH is 1. The largest absolute Gasteiger partial charge is 0.396 e. The number of aliphatic hydroxyl groups is 1. The van der Waals surface area contributed by atoms with E-state index in [9.17, 15) is 8.42 Å². The highest BCUT2D eigenvalue weighted by atomic mass is 79.9. The maximum Gasteiger partial charge on any atom is 0.261 e. The van der Waals surface area contributed by atoms with Gasteiger partial charge in [0.2, 0.25) is 0 Å². The highest BCUT2D eigenvalue weighted by Crippen LogP contribution is 2.24. The minimum Gasteiger partial charge on any atom is -0.396 e. The van der Waals surface area contributed by atoms with E-state index in [1.165, 1.54) is 0 Å². The summed E-state index contributed by atoms with van der Waals surface area (Å²) in [5.41, 5.74) is 3.41. The predicted octanol–water partition coefficient (Wildman–Crippen LogP) is 4.45. The number of rotatable bonds is 6. The number of halogens is 1. The highest BCUT2D eigenvalue weighted by molar-refractivity contribution is 9.10. The van der Waals surface area contributed by atoms with Crippen LogP contribution < -0.4 is 4.72 Å². The van der Waals surface area contributed by atoms with Crippen molar-refractivity contribution in [3.05, 3.63) is 82.8 Å². The number of hydrogen-bond donors (Lipinski definition) is 2. The molecule has 0 aromatic heterocycles. The lowest BCUT2D eigenvalue weighted by molar-refractivity contribution is 0.299. The third-order valence-electron chi connectivity index (χ3n) is 3.95. The van der Waals surface area contributed by atoms with Gasteiger partial charge in [0.15, 0.2) is 0 Å². The van der Waals surface area contributed by atoms with Crippen molar-refractivity contribution in [2.24, 2.45) is 0 Å². The second-order valence-electron chi connectivity index (χ2n) is 5.81. The van der Waals surface area contributed by atoms with Gasteiger partial charge in [0.05, 0.1) is 4.90 Å². The van der Waals surface area contributed by atoms with E-state index in [0.29, 0.717) is 12.1 Å². The number of nitrogens with one attached hydrogen (secondary N) is 1. The SMILES string of the molecule is O=S(=O)(Nc1ccc(CCO)cc1)c1ccc(-c2ccc(Br)cc2)cc1. The molecule has 0 amide bonds. The van der Waals surface area contributed by atoms with E-state index in [1.54, 1.807) is 48.5 Å². The first-order valence-corrected chi connectivity index (χ1v) is 10.3. The van der Waals surface area contributed by atoms with Crippen LogP contribution in [0.5, 0.6) is 0 Å². The Morgan fingerprint density at radius 3 is 1.88 bits per heavy atom. The van der Waals surface area contributed by atoms with Gasteiger partial charge in [-0.3, -0.25) is 4.72 Å². The molecule has 0 aliphatic heterocycles. The molecule has 2 N–H and O–H groups in total. The first kappa shape index (κ1) is 18.6. The number of hydrogen-bond acceptors (Lipinski definition) is 3. The molecule has 0 atom stereocenters. The molecule has 3 aromatic rings. The van der Waals surface area contributed by atoms with Gasteiger partial charge in [0, 0.05) is 16.8 Å². The Bertz CT molecular complexity index is 967. The van der Waals surface area contributed by atoms with Gasteiger partial charge in [-0.05, 0) is 59.5 Å². The molecule has 0 bridgehead atoms. The average molecular weight is 432 g/mol. The molecule has 0 spiro atoms. The van der Waals surface area contributed by atoms with Crippen molar-refractivity contribution in [1.29, 1.82) is 0 Å². The summed E-state index contributed by atoms with van der Waals surface area (Å²) in [6.45, 7) is 0.0653. The Hall–Kier alpha value is -2.15. The van der Waals surface area contributed by atoms with Crippen molar-refractivity contribution < 1.29 is 13.5 Å². The Labute approximate surface area is 161 Å². The molecule has 0 unspecified atom stereocenters. The summed E-state index contributed by atoms with van der Waals surface area (Å²) in [7, 11) is -3.65. The van der Waals surface area contributed by atoms with E-state index in [-0.39, 0.29) is 11.5 Å². The maximum atomic E-state index is 12.5. The van der Waals surface area contributed by atoms with Crippen LogP contribution in [0.1, 0.15) is 5.56 Å². The number of benzene rings is 3. The molecule has 6 heteroatoms. The number of anilines is 1. The van der Waals surface area contributed by atoms with E-state index in [2.05, 4.69) is 20.7 Å². The van der Waals surface area contributed by atoms with Crippen LogP contribution in [0.2, 0.25) is 0 Å². The summed E-state index contributed by atoms with van der Waals surface area (Å²) in [5, 5.41) is 8.93. The van der Waals surface area contributed by atoms with E-state index in [1.807, 2.05) is 24.3 Å². The predicted molar refractivity (Wildman–Crippen MR) is 108 cm³/mol. The van der Waals surface area contributed by atoms with Crippen LogP contribution in [0.3, 0.4) is 0 Å².